The predicted molar refractivity (Wildman–Crippen MR) is 214 cm³/mol. The van der Waals surface area contributed by atoms with Crippen LogP contribution >= 0.6 is 17.0 Å². The minimum Gasteiger partial charge on any atom is -0.184 e. The average molecular weight is 777 g/mol. The second kappa shape index (κ2) is 15.3. The van der Waals surface area contributed by atoms with Crippen LogP contribution in [0.4, 0.5) is 0 Å². The molecule has 1 aliphatic rings. The molecule has 1 aliphatic heterocycles. The van der Waals surface area contributed by atoms with Crippen molar-refractivity contribution >= 4 is 47.7 Å². The summed E-state index contributed by atoms with van der Waals surface area (Å²) in [6.07, 6.45) is 0. The first kappa shape index (κ1) is 37.6. The Morgan fingerprint density at radius 2 is 1.18 bits per heavy atom. The van der Waals surface area contributed by atoms with E-state index in [0.29, 0.717) is 0 Å². The van der Waals surface area contributed by atoms with Gasteiger partial charge in [0.1, 0.15) is 0 Å². The summed E-state index contributed by atoms with van der Waals surface area (Å²) in [6.45, 7) is 20.8. The van der Waals surface area contributed by atoms with Crippen molar-refractivity contribution in [3.05, 3.63) is 138 Å². The molecule has 6 aromatic rings. The van der Waals surface area contributed by atoms with Crippen LogP contribution in [0.2, 0.25) is 0 Å². The first-order chi connectivity index (χ1) is 23.1. The van der Waals surface area contributed by atoms with Crippen molar-refractivity contribution in [2.24, 2.45) is 0 Å². The summed E-state index contributed by atoms with van der Waals surface area (Å²) in [5.41, 5.74) is 12.5. The Balaban J connectivity index is 0.000000239. The Morgan fingerprint density at radius 3 is 1.80 bits per heavy atom. The third-order valence-corrected chi connectivity index (χ3v) is 10.5. The van der Waals surface area contributed by atoms with E-state index in [2.05, 4.69) is 178 Å². The number of rotatable bonds is 2. The van der Waals surface area contributed by atoms with E-state index in [4.69, 9.17) is 17.0 Å². The fourth-order valence-corrected chi connectivity index (χ4v) is 7.56. The molecule has 0 fully saturated rings. The molecule has 0 aromatic heterocycles. The van der Waals surface area contributed by atoms with Gasteiger partial charge in [-0.1, -0.05) is 157 Å². The Bertz CT molecular complexity index is 1960. The van der Waals surface area contributed by atoms with Crippen molar-refractivity contribution in [2.75, 3.05) is 0 Å². The van der Waals surface area contributed by atoms with Gasteiger partial charge in [0.25, 0.3) is 0 Å². The zero-order valence-corrected chi connectivity index (χ0v) is 35.2. The maximum Gasteiger partial charge on any atom is 0.0920 e. The standard InChI is InChI=1S/C33H39.C12H7Si.2ClH.Zr/c1-31(2,3)25-18-24(19-26(20-25)32(4,5)6)30-28(22-13-11-10-12-14-22)16-15-23-17-27(21-29(23)30)33(7,8)9;1-3-7-11-9(5-1)10-6-2-4-8-12(10)13-11;;;/h10-21H,1-9H3;1-7H;2*1H;/q2*-1;;;+4/p-2. The monoisotopic (exact) mass is 774 g/mol. The molecule has 1 heterocycles. The molecule has 49 heavy (non-hydrogen) atoms. The Morgan fingerprint density at radius 1 is 0.592 bits per heavy atom. The Labute approximate surface area is 316 Å². The summed E-state index contributed by atoms with van der Waals surface area (Å²) in [5.74, 6) is 0. The molecule has 0 nitrogen and oxygen atoms in total. The van der Waals surface area contributed by atoms with Crippen LogP contribution in [0.15, 0.2) is 115 Å². The number of halogens is 2. The van der Waals surface area contributed by atoms with Gasteiger partial charge in [0, 0.05) is 0 Å². The number of hydrogen-bond acceptors (Lipinski definition) is 0. The predicted octanol–water partition coefficient (Wildman–Crippen LogP) is 12.3. The first-order valence-corrected chi connectivity index (χ1v) is 24.2. The van der Waals surface area contributed by atoms with Crippen molar-refractivity contribution in [1.29, 1.82) is 0 Å². The van der Waals surface area contributed by atoms with Crippen LogP contribution in [0.1, 0.15) is 79.0 Å². The second-order valence-electron chi connectivity index (χ2n) is 15.9. The largest absolute Gasteiger partial charge is 0.184 e. The molecule has 0 spiro atoms. The fraction of sp³-hybridized carbons (Fsp3) is 0.267. The van der Waals surface area contributed by atoms with Crippen LogP contribution < -0.4 is 10.4 Å². The summed E-state index contributed by atoms with van der Waals surface area (Å²) in [5, 5.41) is 5.50. The minimum atomic E-state index is -0.826. The van der Waals surface area contributed by atoms with Crippen molar-refractivity contribution in [1.82, 2.24) is 0 Å². The smallest absolute Gasteiger partial charge is 0.0920 e. The summed E-state index contributed by atoms with van der Waals surface area (Å²) in [7, 11) is 10.7. The van der Waals surface area contributed by atoms with E-state index in [1.807, 2.05) is 6.07 Å². The van der Waals surface area contributed by atoms with E-state index in [1.54, 1.807) is 0 Å². The van der Waals surface area contributed by atoms with E-state index >= 15 is 0 Å². The molecule has 0 bridgehead atoms. The normalized spacial score (nSPS) is 12.2. The number of fused-ring (bicyclic) bond motifs is 4. The maximum atomic E-state index is 4.93. The molecule has 0 saturated carbocycles. The maximum absolute atomic E-state index is 4.93. The topological polar surface area (TPSA) is 0 Å². The van der Waals surface area contributed by atoms with Crippen LogP contribution in [-0.4, -0.2) is 9.52 Å². The third kappa shape index (κ3) is 8.83. The molecular formula is C45H46Cl2SiZr. The van der Waals surface area contributed by atoms with Crippen LogP contribution in [0.3, 0.4) is 0 Å². The van der Waals surface area contributed by atoms with Crippen molar-refractivity contribution in [2.45, 2.75) is 78.6 Å². The summed E-state index contributed by atoms with van der Waals surface area (Å²) in [4.78, 5) is 0. The Kier molecular flexibility index (Phi) is 11.8. The van der Waals surface area contributed by atoms with Crippen molar-refractivity contribution in [3.8, 4) is 33.4 Å². The zero-order chi connectivity index (χ0) is 35.6. The van der Waals surface area contributed by atoms with Crippen LogP contribution in [-0.2, 0) is 37.1 Å². The van der Waals surface area contributed by atoms with Gasteiger partial charge in [-0.15, -0.1) is 34.0 Å². The molecule has 0 amide bonds. The molecule has 7 rings (SSSR count). The third-order valence-electron chi connectivity index (χ3n) is 9.13. The van der Waals surface area contributed by atoms with E-state index < -0.39 is 20.8 Å². The summed E-state index contributed by atoms with van der Waals surface area (Å²) >= 11 is -0.826. The molecule has 0 saturated heterocycles. The van der Waals surface area contributed by atoms with Gasteiger partial charge < -0.3 is 0 Å². The summed E-state index contributed by atoms with van der Waals surface area (Å²) in [6, 6.07) is 45.7. The van der Waals surface area contributed by atoms with Crippen LogP contribution in [0, 0.1) is 6.07 Å². The van der Waals surface area contributed by atoms with Gasteiger partial charge in [0.05, 0.1) is 9.52 Å². The van der Waals surface area contributed by atoms with E-state index in [9.17, 15) is 0 Å². The van der Waals surface area contributed by atoms with E-state index in [1.165, 1.54) is 71.2 Å². The quantitative estimate of drug-likeness (QED) is 0.121. The first-order valence-electron chi connectivity index (χ1n) is 16.9. The van der Waals surface area contributed by atoms with Gasteiger partial charge in [-0.2, -0.15) is 35.5 Å². The zero-order valence-electron chi connectivity index (χ0n) is 30.2. The fourth-order valence-electron chi connectivity index (χ4n) is 6.25. The minimum absolute atomic E-state index is 0.0827. The van der Waals surface area contributed by atoms with Crippen LogP contribution in [0.5, 0.6) is 0 Å². The van der Waals surface area contributed by atoms with Crippen LogP contribution in [0.25, 0.3) is 44.2 Å². The molecule has 0 atom stereocenters. The Hall–Kier alpha value is -2.61. The van der Waals surface area contributed by atoms with E-state index in [0.717, 1.165) is 9.52 Å². The van der Waals surface area contributed by atoms with Crippen molar-refractivity contribution in [3.63, 3.8) is 0 Å². The summed E-state index contributed by atoms with van der Waals surface area (Å²) < 4.78 is 0. The molecular weight excluding hydrogens is 731 g/mol. The number of benzene rings is 5. The molecule has 0 N–H and O–H groups in total. The molecule has 248 valence electrons. The molecule has 2 radical (unpaired) electrons. The van der Waals surface area contributed by atoms with Gasteiger partial charge in [-0.25, -0.2) is 0 Å². The molecule has 0 unspecified atom stereocenters. The van der Waals surface area contributed by atoms with Gasteiger partial charge in [0.15, 0.2) is 0 Å². The van der Waals surface area contributed by atoms with Gasteiger partial charge >= 0.3 is 37.9 Å². The van der Waals surface area contributed by atoms with Crippen molar-refractivity contribution < 1.29 is 20.8 Å². The van der Waals surface area contributed by atoms with E-state index in [-0.39, 0.29) is 16.2 Å². The van der Waals surface area contributed by atoms with Gasteiger partial charge in [-0.3, -0.25) is 0 Å². The van der Waals surface area contributed by atoms with Gasteiger partial charge in [-0.05, 0) is 44.1 Å². The SMILES string of the molecule is CC(C)(C)c1cc(-c2c(-c3ccccc3)ccc3[cH-]c(C(C)(C)C)cc23)cc(C(C)(C)C)c1.[Cl][Zr+2][Cl].[c-]1cccc2c1[Si]c1ccccc1-2. The molecule has 0 aliphatic carbocycles. The second-order valence-corrected chi connectivity index (χ2v) is 20.9. The molecule has 6 aromatic carbocycles. The molecule has 4 heteroatoms. The average Bonchev–Trinajstić information content (AvgIpc) is 3.67. The number of hydrogen-bond donors (Lipinski definition) is 0. The van der Waals surface area contributed by atoms with Gasteiger partial charge in [0.2, 0.25) is 0 Å².